The van der Waals surface area contributed by atoms with Gasteiger partial charge in [0, 0.05) is 24.7 Å². The van der Waals surface area contributed by atoms with Crippen LogP contribution in [-0.2, 0) is 11.0 Å². The number of hydrogen-bond acceptors (Lipinski definition) is 6. The average molecular weight is 422 g/mol. The minimum Gasteiger partial charge on any atom is -0.463 e. The lowest BCUT2D eigenvalue weighted by atomic mass is 9.97. The van der Waals surface area contributed by atoms with Crippen molar-refractivity contribution in [2.45, 2.75) is 19.0 Å². The van der Waals surface area contributed by atoms with E-state index in [2.05, 4.69) is 15.3 Å². The number of alkyl halides is 3. The smallest absolute Gasteiger partial charge is 0.419 e. The van der Waals surface area contributed by atoms with Gasteiger partial charge < -0.3 is 14.6 Å². The molecule has 152 valence electrons. The molecule has 29 heavy (non-hydrogen) atoms. The molecule has 0 aliphatic carbocycles. The summed E-state index contributed by atoms with van der Waals surface area (Å²) < 4.78 is 45.2. The van der Waals surface area contributed by atoms with E-state index in [9.17, 15) is 18.0 Å². The van der Waals surface area contributed by atoms with Crippen LogP contribution in [0.2, 0.25) is 0 Å². The Kier molecular flexibility index (Phi) is 5.27. The third-order valence-corrected chi connectivity index (χ3v) is 5.45. The number of halogens is 3. The SMILES string of the molecule is O=C(Nc1nc(-c2ccco2)cs1)[C@@H]1CCCN(c2ncccc2C(F)(F)F)C1. The average Bonchev–Trinajstić information content (AvgIpc) is 3.39. The van der Waals surface area contributed by atoms with Crippen molar-refractivity contribution in [2.24, 2.45) is 5.92 Å². The van der Waals surface area contributed by atoms with Gasteiger partial charge in [0.15, 0.2) is 10.9 Å². The maximum Gasteiger partial charge on any atom is 0.419 e. The van der Waals surface area contributed by atoms with Gasteiger partial charge in [-0.1, -0.05) is 0 Å². The van der Waals surface area contributed by atoms with Crippen LogP contribution in [0.3, 0.4) is 0 Å². The molecule has 0 saturated carbocycles. The molecule has 6 nitrogen and oxygen atoms in total. The van der Waals surface area contributed by atoms with Crippen LogP contribution in [0.5, 0.6) is 0 Å². The number of pyridine rings is 1. The first-order valence-electron chi connectivity index (χ1n) is 8.99. The summed E-state index contributed by atoms with van der Waals surface area (Å²) >= 11 is 1.27. The van der Waals surface area contributed by atoms with Gasteiger partial charge in [-0.25, -0.2) is 9.97 Å². The Hall–Kier alpha value is -2.88. The van der Waals surface area contributed by atoms with Gasteiger partial charge in [-0.3, -0.25) is 4.79 Å². The van der Waals surface area contributed by atoms with E-state index in [0.717, 1.165) is 6.07 Å². The molecule has 0 bridgehead atoms. The summed E-state index contributed by atoms with van der Waals surface area (Å²) in [6.07, 6.45) is -0.438. The van der Waals surface area contributed by atoms with Crippen LogP contribution in [0.4, 0.5) is 24.1 Å². The van der Waals surface area contributed by atoms with Gasteiger partial charge in [0.05, 0.1) is 17.7 Å². The third kappa shape index (κ3) is 4.26. The Labute approximate surface area is 168 Å². The summed E-state index contributed by atoms with van der Waals surface area (Å²) in [7, 11) is 0. The van der Waals surface area contributed by atoms with Crippen LogP contribution < -0.4 is 10.2 Å². The van der Waals surface area contributed by atoms with Crippen LogP contribution >= 0.6 is 11.3 Å². The number of nitrogens with one attached hydrogen (secondary N) is 1. The van der Waals surface area contributed by atoms with Crippen LogP contribution in [0.1, 0.15) is 18.4 Å². The summed E-state index contributed by atoms with van der Waals surface area (Å²) in [5, 5.41) is 4.96. The van der Waals surface area contributed by atoms with Gasteiger partial charge >= 0.3 is 6.18 Å². The Bertz CT molecular complexity index is 988. The predicted molar refractivity (Wildman–Crippen MR) is 103 cm³/mol. The number of furan rings is 1. The Morgan fingerprint density at radius 3 is 2.93 bits per heavy atom. The maximum absolute atomic E-state index is 13.3. The van der Waals surface area contributed by atoms with Crippen molar-refractivity contribution >= 4 is 28.2 Å². The van der Waals surface area contributed by atoms with Crippen molar-refractivity contribution in [3.05, 3.63) is 47.7 Å². The molecule has 4 rings (SSSR count). The molecule has 0 aromatic carbocycles. The molecule has 3 aromatic heterocycles. The molecule has 1 N–H and O–H groups in total. The standard InChI is InChI=1S/C19H17F3N4O2S/c20-19(21,22)13-5-1-7-23-16(13)26-8-2-4-12(10-26)17(27)25-18-24-14(11-29-18)15-6-3-9-28-15/h1,3,5-7,9,11-12H,2,4,8,10H2,(H,24,25,27)/t12-/m1/s1. The van der Waals surface area contributed by atoms with E-state index in [-0.39, 0.29) is 18.3 Å². The number of anilines is 2. The quantitative estimate of drug-likeness (QED) is 0.662. The van der Waals surface area contributed by atoms with Crippen LogP contribution in [0.25, 0.3) is 11.5 Å². The number of carbonyl (C=O) groups excluding carboxylic acids is 1. The van der Waals surface area contributed by atoms with Crippen LogP contribution in [0, 0.1) is 5.92 Å². The topological polar surface area (TPSA) is 71.3 Å². The molecule has 1 saturated heterocycles. The second kappa shape index (κ2) is 7.86. The molecule has 1 aliphatic rings. The van der Waals surface area contributed by atoms with Gasteiger partial charge in [0.2, 0.25) is 5.91 Å². The highest BCUT2D eigenvalue weighted by molar-refractivity contribution is 7.14. The molecule has 1 aliphatic heterocycles. The zero-order valence-electron chi connectivity index (χ0n) is 15.1. The summed E-state index contributed by atoms with van der Waals surface area (Å²) in [5.74, 6) is -0.255. The maximum atomic E-state index is 13.3. The molecule has 1 atom stereocenters. The molecule has 0 radical (unpaired) electrons. The highest BCUT2D eigenvalue weighted by Crippen LogP contribution is 2.36. The van der Waals surface area contributed by atoms with Gasteiger partial charge in [0.1, 0.15) is 11.5 Å². The molecule has 0 unspecified atom stereocenters. The number of carbonyl (C=O) groups is 1. The zero-order valence-corrected chi connectivity index (χ0v) is 16.0. The lowest BCUT2D eigenvalue weighted by Crippen LogP contribution is -2.41. The first-order chi connectivity index (χ1) is 13.9. The van der Waals surface area contributed by atoms with Crippen molar-refractivity contribution in [1.29, 1.82) is 0 Å². The van der Waals surface area contributed by atoms with Crippen molar-refractivity contribution < 1.29 is 22.4 Å². The molecular weight excluding hydrogens is 405 g/mol. The number of aromatic nitrogens is 2. The van der Waals surface area contributed by atoms with E-state index in [0.29, 0.717) is 36.0 Å². The van der Waals surface area contributed by atoms with Crippen LogP contribution in [-0.4, -0.2) is 29.0 Å². The Morgan fingerprint density at radius 2 is 2.17 bits per heavy atom. The second-order valence-corrected chi connectivity index (χ2v) is 7.52. The monoisotopic (exact) mass is 422 g/mol. The molecule has 0 spiro atoms. The predicted octanol–water partition coefficient (Wildman–Crippen LogP) is 4.67. The molecule has 3 aromatic rings. The minimum absolute atomic E-state index is 0.133. The van der Waals surface area contributed by atoms with Crippen molar-refractivity contribution in [3.8, 4) is 11.5 Å². The van der Waals surface area contributed by atoms with Gasteiger partial charge in [-0.05, 0) is 37.1 Å². The number of piperidine rings is 1. The Morgan fingerprint density at radius 1 is 1.31 bits per heavy atom. The first-order valence-corrected chi connectivity index (χ1v) is 9.87. The third-order valence-electron chi connectivity index (χ3n) is 4.69. The fraction of sp³-hybridized carbons (Fsp3) is 0.316. The zero-order chi connectivity index (χ0) is 20.4. The summed E-state index contributed by atoms with van der Waals surface area (Å²) in [6, 6.07) is 5.79. The highest BCUT2D eigenvalue weighted by Gasteiger charge is 2.37. The fourth-order valence-corrected chi connectivity index (χ4v) is 4.03. The number of thiazole rings is 1. The fourth-order valence-electron chi connectivity index (χ4n) is 3.33. The van der Waals surface area contributed by atoms with Gasteiger partial charge in [0.25, 0.3) is 0 Å². The molecule has 4 heterocycles. The van der Waals surface area contributed by atoms with E-state index >= 15 is 0 Å². The largest absolute Gasteiger partial charge is 0.463 e. The van der Waals surface area contributed by atoms with E-state index in [1.165, 1.54) is 34.8 Å². The Balaban J connectivity index is 1.46. The highest BCUT2D eigenvalue weighted by atomic mass is 32.1. The minimum atomic E-state index is -4.50. The number of nitrogens with zero attached hydrogens (tertiary/aromatic N) is 3. The van der Waals surface area contributed by atoms with Crippen LogP contribution in [0.15, 0.2) is 46.5 Å². The summed E-state index contributed by atoms with van der Waals surface area (Å²) in [6.45, 7) is 0.589. The number of rotatable bonds is 4. The molecular formula is C19H17F3N4O2S. The summed E-state index contributed by atoms with van der Waals surface area (Å²) in [5.41, 5.74) is -0.173. The van der Waals surface area contributed by atoms with Gasteiger partial charge in [-0.15, -0.1) is 11.3 Å². The molecule has 1 amide bonds. The van der Waals surface area contributed by atoms with Crippen molar-refractivity contribution in [3.63, 3.8) is 0 Å². The van der Waals surface area contributed by atoms with E-state index in [1.807, 2.05) is 0 Å². The van der Waals surface area contributed by atoms with E-state index in [1.54, 1.807) is 17.5 Å². The van der Waals surface area contributed by atoms with Crippen molar-refractivity contribution in [1.82, 2.24) is 9.97 Å². The molecule has 1 fully saturated rings. The normalized spacial score (nSPS) is 17.3. The number of hydrogen-bond donors (Lipinski definition) is 1. The van der Waals surface area contributed by atoms with E-state index in [4.69, 9.17) is 4.42 Å². The first kappa shape index (κ1) is 19.4. The van der Waals surface area contributed by atoms with E-state index < -0.39 is 17.7 Å². The molecule has 10 heteroatoms. The summed E-state index contributed by atoms with van der Waals surface area (Å²) in [4.78, 5) is 22.5. The lowest BCUT2D eigenvalue weighted by molar-refractivity contribution is -0.137. The lowest BCUT2D eigenvalue weighted by Gasteiger charge is -2.34. The second-order valence-electron chi connectivity index (χ2n) is 6.66. The number of amides is 1. The van der Waals surface area contributed by atoms with Gasteiger partial charge in [-0.2, -0.15) is 13.2 Å². The van der Waals surface area contributed by atoms with Crippen molar-refractivity contribution in [2.75, 3.05) is 23.3 Å².